The predicted molar refractivity (Wildman–Crippen MR) is 182 cm³/mol. The largest absolute Gasteiger partial charge is 0.341 e. The van der Waals surface area contributed by atoms with Crippen LogP contribution in [0.3, 0.4) is 0 Å². The van der Waals surface area contributed by atoms with Crippen LogP contribution >= 0.6 is 0 Å². The SMILES string of the molecule is c1ccc2[nH]c(CN(CCCCN(Cc3nc4ccccc4[nH]3)Cc3nc4ccccc4[nH]3)Cc3nc4ccccc4[nH]3)nc2c1. The predicted octanol–water partition coefficient (Wildman–Crippen LogP) is 6.68. The first-order valence-corrected chi connectivity index (χ1v) is 15.9. The van der Waals surface area contributed by atoms with Gasteiger partial charge in [-0.2, -0.15) is 0 Å². The number of imidazole rings is 4. The number of unbranched alkanes of at least 4 members (excludes halogenated alkanes) is 1. The van der Waals surface area contributed by atoms with Crippen LogP contribution in [0.4, 0.5) is 0 Å². The van der Waals surface area contributed by atoms with Crippen molar-refractivity contribution in [3.8, 4) is 0 Å². The van der Waals surface area contributed by atoms with Crippen molar-refractivity contribution in [2.75, 3.05) is 13.1 Å². The molecule has 8 rings (SSSR count). The third kappa shape index (κ3) is 6.26. The number of nitrogens with one attached hydrogen (secondary N) is 4. The zero-order valence-electron chi connectivity index (χ0n) is 25.6. The third-order valence-electron chi connectivity index (χ3n) is 8.45. The maximum absolute atomic E-state index is 4.87. The van der Waals surface area contributed by atoms with Crippen molar-refractivity contribution in [3.63, 3.8) is 0 Å². The number of rotatable bonds is 13. The smallest absolute Gasteiger partial charge is 0.121 e. The maximum atomic E-state index is 4.87. The standard InChI is InChI=1S/C36H36N10/c1-2-12-26-25(11-1)37-33(38-26)21-45(22-34-39-27-13-3-4-14-28(27)40-34)19-9-10-20-46(23-35-41-29-15-5-6-16-30(29)42-35)24-36-43-31-17-7-8-18-32(31)44-36/h1-8,11-18H,9-10,19-24H2,(H,37,38)(H,39,40)(H,41,42)(H,43,44). The highest BCUT2D eigenvalue weighted by Crippen LogP contribution is 2.18. The molecule has 4 heterocycles. The Labute approximate surface area is 265 Å². The normalized spacial score (nSPS) is 12.1. The number of hydrogen-bond acceptors (Lipinski definition) is 6. The lowest BCUT2D eigenvalue weighted by molar-refractivity contribution is 0.214. The van der Waals surface area contributed by atoms with Gasteiger partial charge in [0.2, 0.25) is 0 Å². The molecule has 0 radical (unpaired) electrons. The van der Waals surface area contributed by atoms with Crippen LogP contribution in [-0.2, 0) is 26.2 Å². The molecule has 0 fully saturated rings. The number of nitrogens with zero attached hydrogens (tertiary/aromatic N) is 6. The van der Waals surface area contributed by atoms with E-state index in [4.69, 9.17) is 19.9 Å². The molecule has 0 atom stereocenters. The molecule has 0 bridgehead atoms. The van der Waals surface area contributed by atoms with E-state index in [1.807, 2.05) is 48.5 Å². The Hall–Kier alpha value is -5.32. The summed E-state index contributed by atoms with van der Waals surface area (Å²) in [6, 6.07) is 32.8. The Morgan fingerprint density at radius 1 is 0.370 bits per heavy atom. The van der Waals surface area contributed by atoms with Crippen molar-refractivity contribution >= 4 is 44.1 Å². The van der Waals surface area contributed by atoms with Gasteiger partial charge in [0.05, 0.1) is 70.3 Å². The Bertz CT molecular complexity index is 1780. The Morgan fingerprint density at radius 3 is 0.891 bits per heavy atom. The summed E-state index contributed by atoms with van der Waals surface area (Å²) in [6.07, 6.45) is 2.05. The Morgan fingerprint density at radius 2 is 0.630 bits per heavy atom. The zero-order valence-corrected chi connectivity index (χ0v) is 25.6. The fraction of sp³-hybridized carbons (Fsp3) is 0.222. The highest BCUT2D eigenvalue weighted by atomic mass is 15.2. The van der Waals surface area contributed by atoms with Gasteiger partial charge in [-0.1, -0.05) is 48.5 Å². The molecular formula is C36H36N10. The molecule has 0 unspecified atom stereocenters. The molecule has 46 heavy (non-hydrogen) atoms. The molecule has 230 valence electrons. The molecule has 4 aromatic carbocycles. The van der Waals surface area contributed by atoms with E-state index >= 15 is 0 Å². The van der Waals surface area contributed by atoms with Crippen LogP contribution in [0.2, 0.25) is 0 Å². The highest BCUT2D eigenvalue weighted by molar-refractivity contribution is 5.76. The third-order valence-corrected chi connectivity index (χ3v) is 8.45. The van der Waals surface area contributed by atoms with Crippen molar-refractivity contribution in [2.45, 2.75) is 39.0 Å². The second-order valence-corrected chi connectivity index (χ2v) is 11.9. The average Bonchev–Trinajstić information content (AvgIpc) is 3.86. The van der Waals surface area contributed by atoms with Gasteiger partial charge in [0.15, 0.2) is 0 Å². The first-order valence-electron chi connectivity index (χ1n) is 15.9. The average molecular weight is 609 g/mol. The van der Waals surface area contributed by atoms with Crippen LogP contribution in [0.25, 0.3) is 44.1 Å². The molecule has 0 spiro atoms. The van der Waals surface area contributed by atoms with E-state index in [1.54, 1.807) is 0 Å². The van der Waals surface area contributed by atoms with Gasteiger partial charge in [-0.3, -0.25) is 9.80 Å². The Kier molecular flexibility index (Phi) is 7.71. The van der Waals surface area contributed by atoms with E-state index in [2.05, 4.69) is 78.3 Å². The summed E-state index contributed by atoms with van der Waals surface area (Å²) in [5.74, 6) is 3.87. The summed E-state index contributed by atoms with van der Waals surface area (Å²) >= 11 is 0. The molecule has 0 saturated heterocycles. The molecule has 8 aromatic rings. The van der Waals surface area contributed by atoms with E-state index in [1.165, 1.54) is 0 Å². The summed E-state index contributed by atoms with van der Waals surface area (Å²) in [6.45, 7) is 4.69. The number of H-pyrrole nitrogens is 4. The number of benzene rings is 4. The van der Waals surface area contributed by atoms with Crippen molar-refractivity contribution in [2.24, 2.45) is 0 Å². The number of hydrogen-bond donors (Lipinski definition) is 4. The molecule has 0 amide bonds. The summed E-state index contributed by atoms with van der Waals surface area (Å²) in [7, 11) is 0. The zero-order chi connectivity index (χ0) is 30.7. The summed E-state index contributed by atoms with van der Waals surface area (Å²) in [5.41, 5.74) is 8.23. The lowest BCUT2D eigenvalue weighted by atomic mass is 10.2. The summed E-state index contributed by atoms with van der Waals surface area (Å²) in [5, 5.41) is 0. The Balaban J connectivity index is 0.974. The molecular weight excluding hydrogens is 572 g/mol. The van der Waals surface area contributed by atoms with E-state index in [9.17, 15) is 0 Å². The van der Waals surface area contributed by atoms with Gasteiger partial charge in [-0.15, -0.1) is 0 Å². The van der Waals surface area contributed by atoms with Crippen LogP contribution in [0.5, 0.6) is 0 Å². The van der Waals surface area contributed by atoms with Gasteiger partial charge in [0.25, 0.3) is 0 Å². The van der Waals surface area contributed by atoms with E-state index < -0.39 is 0 Å². The topological polar surface area (TPSA) is 121 Å². The fourth-order valence-electron chi connectivity index (χ4n) is 6.27. The van der Waals surface area contributed by atoms with Gasteiger partial charge >= 0.3 is 0 Å². The van der Waals surface area contributed by atoms with Crippen LogP contribution in [0.15, 0.2) is 97.1 Å². The minimum absolute atomic E-state index is 0.716. The van der Waals surface area contributed by atoms with Gasteiger partial charge in [0, 0.05) is 0 Å². The molecule has 0 saturated carbocycles. The number of para-hydroxylation sites is 8. The highest BCUT2D eigenvalue weighted by Gasteiger charge is 2.16. The van der Waals surface area contributed by atoms with E-state index in [0.29, 0.717) is 26.2 Å². The van der Waals surface area contributed by atoms with Gasteiger partial charge in [-0.05, 0) is 74.5 Å². The van der Waals surface area contributed by atoms with Crippen LogP contribution < -0.4 is 0 Å². The first-order chi connectivity index (χ1) is 22.7. The first kappa shape index (κ1) is 28.2. The lowest BCUT2D eigenvalue weighted by Gasteiger charge is -2.23. The van der Waals surface area contributed by atoms with Gasteiger partial charge < -0.3 is 19.9 Å². The number of aromatic amines is 4. The minimum Gasteiger partial charge on any atom is -0.341 e. The molecule has 0 aliphatic heterocycles. The maximum Gasteiger partial charge on any atom is 0.121 e. The minimum atomic E-state index is 0.716. The summed E-state index contributed by atoms with van der Waals surface area (Å²) in [4.78, 5) is 38.4. The summed E-state index contributed by atoms with van der Waals surface area (Å²) < 4.78 is 0. The van der Waals surface area contributed by atoms with Crippen LogP contribution in [-0.4, -0.2) is 62.8 Å². The molecule has 10 nitrogen and oxygen atoms in total. The number of aromatic nitrogens is 8. The molecule has 0 aliphatic rings. The molecule has 0 aliphatic carbocycles. The lowest BCUT2D eigenvalue weighted by Crippen LogP contribution is -2.28. The second-order valence-electron chi connectivity index (χ2n) is 11.9. The fourth-order valence-corrected chi connectivity index (χ4v) is 6.27. The number of fused-ring (bicyclic) bond motifs is 4. The van der Waals surface area contributed by atoms with Crippen molar-refractivity contribution in [1.29, 1.82) is 0 Å². The molecule has 4 N–H and O–H groups in total. The van der Waals surface area contributed by atoms with Gasteiger partial charge in [-0.25, -0.2) is 19.9 Å². The van der Waals surface area contributed by atoms with E-state index in [-0.39, 0.29) is 0 Å². The van der Waals surface area contributed by atoms with Gasteiger partial charge in [0.1, 0.15) is 23.3 Å². The van der Waals surface area contributed by atoms with Crippen molar-refractivity contribution < 1.29 is 0 Å². The van der Waals surface area contributed by atoms with Crippen LogP contribution in [0.1, 0.15) is 36.1 Å². The van der Waals surface area contributed by atoms with Crippen molar-refractivity contribution in [3.05, 3.63) is 120 Å². The van der Waals surface area contributed by atoms with E-state index in [0.717, 1.165) is 93.4 Å². The second kappa shape index (κ2) is 12.6. The van der Waals surface area contributed by atoms with Crippen molar-refractivity contribution in [1.82, 2.24) is 49.7 Å². The molecule has 10 heteroatoms. The van der Waals surface area contributed by atoms with Crippen LogP contribution in [0, 0.1) is 0 Å². The monoisotopic (exact) mass is 608 g/mol. The molecule has 4 aromatic heterocycles. The quantitative estimate of drug-likeness (QED) is 0.108.